The third kappa shape index (κ3) is 2.45. The zero-order valence-electron chi connectivity index (χ0n) is 10.4. The lowest BCUT2D eigenvalue weighted by Gasteiger charge is -2.08. The Morgan fingerprint density at radius 1 is 1.16 bits per heavy atom. The Hall–Kier alpha value is -1.19. The van der Waals surface area contributed by atoms with Gasteiger partial charge in [-0.2, -0.15) is 5.10 Å². The van der Waals surface area contributed by atoms with Crippen molar-refractivity contribution in [1.82, 2.24) is 9.78 Å². The van der Waals surface area contributed by atoms with Crippen LogP contribution in [0.25, 0.3) is 11.3 Å². The monoisotopic (exact) mass is 295 g/mol. The summed E-state index contributed by atoms with van der Waals surface area (Å²) in [5, 5.41) is 5.69. The number of nitrogen functional groups attached to an aromatic ring is 1. The minimum absolute atomic E-state index is 0.485. The molecule has 1 heterocycles. The van der Waals surface area contributed by atoms with Crippen LogP contribution in [0.4, 0.5) is 5.69 Å². The van der Waals surface area contributed by atoms with Gasteiger partial charge in [0.25, 0.3) is 0 Å². The topological polar surface area (TPSA) is 43.8 Å². The van der Waals surface area contributed by atoms with E-state index >= 15 is 0 Å². The van der Waals surface area contributed by atoms with Crippen molar-refractivity contribution in [2.24, 2.45) is 0 Å². The minimum Gasteiger partial charge on any atom is -0.396 e. The van der Waals surface area contributed by atoms with Crippen molar-refractivity contribution in [2.75, 3.05) is 5.73 Å². The number of nitrogens with two attached hydrogens (primary N) is 1. The Bertz CT molecular complexity index is 601. The summed E-state index contributed by atoms with van der Waals surface area (Å²) in [6.07, 6.45) is 6.83. The van der Waals surface area contributed by atoms with E-state index in [0.29, 0.717) is 21.8 Å². The largest absolute Gasteiger partial charge is 0.396 e. The maximum absolute atomic E-state index is 6.07. The third-order valence-corrected chi connectivity index (χ3v) is 4.39. The summed E-state index contributed by atoms with van der Waals surface area (Å²) in [4.78, 5) is 0. The predicted octanol–water partition coefficient (Wildman–Crippen LogP) is 4.55. The molecule has 3 nitrogen and oxygen atoms in total. The predicted molar refractivity (Wildman–Crippen MR) is 79.6 cm³/mol. The van der Waals surface area contributed by atoms with Crippen molar-refractivity contribution in [3.8, 4) is 11.3 Å². The summed E-state index contributed by atoms with van der Waals surface area (Å²) in [6, 6.07) is 5.96. The molecule has 1 aromatic carbocycles. The van der Waals surface area contributed by atoms with Crippen LogP contribution in [0.15, 0.2) is 24.4 Å². The Morgan fingerprint density at radius 3 is 2.58 bits per heavy atom. The Kier molecular flexibility index (Phi) is 3.42. The molecule has 3 rings (SSSR count). The number of halogens is 2. The molecule has 2 aromatic rings. The van der Waals surface area contributed by atoms with Crippen LogP contribution < -0.4 is 5.73 Å². The number of hydrogen-bond acceptors (Lipinski definition) is 2. The molecule has 0 amide bonds. The fourth-order valence-corrected chi connectivity index (χ4v) is 2.93. The van der Waals surface area contributed by atoms with E-state index in [9.17, 15) is 0 Å². The van der Waals surface area contributed by atoms with Crippen LogP contribution >= 0.6 is 23.2 Å². The van der Waals surface area contributed by atoms with Gasteiger partial charge in [0.2, 0.25) is 0 Å². The second-order valence-electron chi connectivity index (χ2n) is 4.98. The number of anilines is 1. The molecule has 0 bridgehead atoms. The van der Waals surface area contributed by atoms with E-state index in [1.807, 2.05) is 23.0 Å². The van der Waals surface area contributed by atoms with Gasteiger partial charge in [0.1, 0.15) is 5.69 Å². The molecular formula is C14H15Cl2N3. The Morgan fingerprint density at radius 2 is 1.89 bits per heavy atom. The van der Waals surface area contributed by atoms with Gasteiger partial charge in [-0.15, -0.1) is 0 Å². The molecule has 5 heteroatoms. The van der Waals surface area contributed by atoms with Crippen LogP contribution in [0.2, 0.25) is 10.0 Å². The Balaban J connectivity index is 1.97. The fourth-order valence-electron chi connectivity index (χ4n) is 2.63. The SMILES string of the molecule is Nc1cn(C2CCCC2)nc1-c1ccc(Cl)c(Cl)c1. The average molecular weight is 296 g/mol. The van der Waals surface area contributed by atoms with Crippen LogP contribution in [-0.4, -0.2) is 9.78 Å². The summed E-state index contributed by atoms with van der Waals surface area (Å²) < 4.78 is 2.00. The highest BCUT2D eigenvalue weighted by molar-refractivity contribution is 6.42. The van der Waals surface area contributed by atoms with Gasteiger partial charge >= 0.3 is 0 Å². The summed E-state index contributed by atoms with van der Waals surface area (Å²) in [7, 11) is 0. The minimum atomic E-state index is 0.485. The van der Waals surface area contributed by atoms with Crippen molar-refractivity contribution in [3.63, 3.8) is 0 Å². The molecule has 100 valence electrons. The van der Waals surface area contributed by atoms with Crippen LogP contribution in [0.5, 0.6) is 0 Å². The van der Waals surface area contributed by atoms with E-state index < -0.39 is 0 Å². The van der Waals surface area contributed by atoms with E-state index in [1.54, 1.807) is 6.07 Å². The normalized spacial score (nSPS) is 16.1. The smallest absolute Gasteiger partial charge is 0.115 e. The van der Waals surface area contributed by atoms with Crippen molar-refractivity contribution >= 4 is 28.9 Å². The lowest BCUT2D eigenvalue weighted by molar-refractivity contribution is 0.468. The second kappa shape index (κ2) is 5.06. The highest BCUT2D eigenvalue weighted by Crippen LogP contribution is 2.34. The highest BCUT2D eigenvalue weighted by atomic mass is 35.5. The molecule has 0 unspecified atom stereocenters. The molecule has 1 aliphatic carbocycles. The van der Waals surface area contributed by atoms with Gasteiger partial charge in [-0.25, -0.2) is 0 Å². The summed E-state index contributed by atoms with van der Waals surface area (Å²) >= 11 is 12.0. The van der Waals surface area contributed by atoms with E-state index in [4.69, 9.17) is 28.9 Å². The third-order valence-electron chi connectivity index (χ3n) is 3.65. The molecule has 1 fully saturated rings. The molecule has 1 aliphatic rings. The zero-order valence-corrected chi connectivity index (χ0v) is 12.0. The molecule has 0 atom stereocenters. The van der Waals surface area contributed by atoms with Crippen molar-refractivity contribution in [1.29, 1.82) is 0 Å². The van der Waals surface area contributed by atoms with Crippen LogP contribution in [0, 0.1) is 0 Å². The van der Waals surface area contributed by atoms with Crippen molar-refractivity contribution in [3.05, 3.63) is 34.4 Å². The lowest BCUT2D eigenvalue weighted by Crippen LogP contribution is -2.04. The average Bonchev–Trinajstić information content (AvgIpc) is 3.01. The first kappa shape index (κ1) is 12.8. The molecule has 19 heavy (non-hydrogen) atoms. The van der Waals surface area contributed by atoms with Crippen LogP contribution in [-0.2, 0) is 0 Å². The van der Waals surface area contributed by atoms with E-state index in [0.717, 1.165) is 11.3 Å². The van der Waals surface area contributed by atoms with Gasteiger partial charge in [-0.1, -0.05) is 42.1 Å². The molecule has 0 saturated heterocycles. The first-order valence-corrected chi connectivity index (χ1v) is 7.21. The first-order chi connectivity index (χ1) is 9.15. The van der Waals surface area contributed by atoms with Crippen molar-refractivity contribution < 1.29 is 0 Å². The van der Waals surface area contributed by atoms with Gasteiger partial charge in [0.05, 0.1) is 21.8 Å². The van der Waals surface area contributed by atoms with Crippen LogP contribution in [0.1, 0.15) is 31.7 Å². The van der Waals surface area contributed by atoms with Gasteiger partial charge in [0, 0.05) is 11.8 Å². The second-order valence-corrected chi connectivity index (χ2v) is 5.79. The molecule has 1 saturated carbocycles. The van der Waals surface area contributed by atoms with Gasteiger partial charge in [-0.3, -0.25) is 4.68 Å². The molecular weight excluding hydrogens is 281 g/mol. The maximum atomic E-state index is 6.07. The standard InChI is InChI=1S/C14H15Cl2N3/c15-11-6-5-9(7-12(11)16)14-13(17)8-19(18-14)10-3-1-2-4-10/h5-8,10H,1-4,17H2. The molecule has 2 N–H and O–H groups in total. The summed E-state index contributed by atoms with van der Waals surface area (Å²) in [5.41, 5.74) is 8.44. The maximum Gasteiger partial charge on any atom is 0.115 e. The van der Waals surface area contributed by atoms with Gasteiger partial charge < -0.3 is 5.73 Å². The zero-order chi connectivity index (χ0) is 13.4. The van der Waals surface area contributed by atoms with E-state index in [2.05, 4.69) is 5.10 Å². The highest BCUT2D eigenvalue weighted by Gasteiger charge is 2.19. The summed E-state index contributed by atoms with van der Waals surface area (Å²) in [5.74, 6) is 0. The van der Waals surface area contributed by atoms with Crippen molar-refractivity contribution in [2.45, 2.75) is 31.7 Å². The number of aromatic nitrogens is 2. The molecule has 0 aliphatic heterocycles. The number of hydrogen-bond donors (Lipinski definition) is 1. The first-order valence-electron chi connectivity index (χ1n) is 6.45. The Labute approximate surface area is 122 Å². The van der Waals surface area contributed by atoms with Crippen LogP contribution in [0.3, 0.4) is 0 Å². The fraction of sp³-hybridized carbons (Fsp3) is 0.357. The summed E-state index contributed by atoms with van der Waals surface area (Å²) in [6.45, 7) is 0. The molecule has 1 aromatic heterocycles. The number of rotatable bonds is 2. The van der Waals surface area contributed by atoms with E-state index in [1.165, 1.54) is 25.7 Å². The number of nitrogens with zero attached hydrogens (tertiary/aromatic N) is 2. The van der Waals surface area contributed by atoms with Gasteiger partial charge in [-0.05, 0) is 25.0 Å². The molecule has 0 radical (unpaired) electrons. The lowest BCUT2D eigenvalue weighted by atomic mass is 10.1. The number of benzene rings is 1. The van der Waals surface area contributed by atoms with Gasteiger partial charge in [0.15, 0.2) is 0 Å². The van der Waals surface area contributed by atoms with E-state index in [-0.39, 0.29) is 0 Å². The quantitative estimate of drug-likeness (QED) is 0.883. The molecule has 0 spiro atoms.